The van der Waals surface area contributed by atoms with Crippen LogP contribution in [0, 0.1) is 0 Å². The van der Waals surface area contributed by atoms with Crippen LogP contribution in [-0.2, 0) is 11.2 Å². The molecule has 0 amide bonds. The molecule has 0 unspecified atom stereocenters. The molecule has 2 rings (SSSR count). The number of carboxylic acid groups (broad SMARTS) is 1. The van der Waals surface area contributed by atoms with Gasteiger partial charge >= 0.3 is 5.97 Å². The molecule has 0 spiro atoms. The zero-order valence-electron chi connectivity index (χ0n) is 5.98. The van der Waals surface area contributed by atoms with Crippen LogP contribution >= 0.6 is 22.9 Å². The molecule has 0 aliphatic heterocycles. The topological polar surface area (TPSA) is 50.2 Å². The highest BCUT2D eigenvalue weighted by atomic mass is 32.1. The van der Waals surface area contributed by atoms with Gasteiger partial charge in [-0.1, -0.05) is 0 Å². The molecule has 0 fully saturated rings. The van der Waals surface area contributed by atoms with Crippen molar-refractivity contribution in [2.45, 2.75) is 6.42 Å². The van der Waals surface area contributed by atoms with E-state index in [9.17, 15) is 4.79 Å². The summed E-state index contributed by atoms with van der Waals surface area (Å²) in [5.74, 6) is -0.824. The Bertz CT molecular complexity index is 418. The highest BCUT2D eigenvalue weighted by Crippen LogP contribution is 2.28. The van der Waals surface area contributed by atoms with E-state index in [4.69, 9.17) is 5.11 Å². The fraction of sp³-hybridized carbons (Fsp3) is 0.143. The van der Waals surface area contributed by atoms with E-state index in [1.807, 2.05) is 11.4 Å². The first-order chi connectivity index (χ1) is 5.77. The molecule has 0 saturated heterocycles. The molecule has 0 aliphatic carbocycles. The molecule has 1 N–H and O–H groups in total. The van der Waals surface area contributed by atoms with Gasteiger partial charge in [0.15, 0.2) is 0 Å². The van der Waals surface area contributed by atoms with Crippen molar-refractivity contribution in [3.05, 3.63) is 17.1 Å². The largest absolute Gasteiger partial charge is 0.481 e. The Hall–Kier alpha value is -0.940. The average molecular weight is 199 g/mol. The second kappa shape index (κ2) is 2.84. The van der Waals surface area contributed by atoms with Crippen molar-refractivity contribution in [2.24, 2.45) is 0 Å². The van der Waals surface area contributed by atoms with E-state index in [1.165, 1.54) is 11.5 Å². The van der Waals surface area contributed by atoms with Crippen molar-refractivity contribution in [2.75, 3.05) is 0 Å². The average Bonchev–Trinajstić information content (AvgIpc) is 2.52. The van der Waals surface area contributed by atoms with Crippen LogP contribution in [0.2, 0.25) is 0 Å². The van der Waals surface area contributed by atoms with Gasteiger partial charge in [0.25, 0.3) is 0 Å². The number of hydrogen-bond acceptors (Lipinski definition) is 4. The minimum atomic E-state index is -0.824. The van der Waals surface area contributed by atoms with Gasteiger partial charge in [0.05, 0.1) is 21.5 Å². The lowest BCUT2D eigenvalue weighted by Crippen LogP contribution is -1.99. The third-order valence-corrected chi connectivity index (χ3v) is 3.41. The van der Waals surface area contributed by atoms with Crippen molar-refractivity contribution in [1.29, 1.82) is 0 Å². The molecule has 62 valence electrons. The summed E-state index contributed by atoms with van der Waals surface area (Å²) in [6.45, 7) is 0. The van der Waals surface area contributed by atoms with Crippen LogP contribution in [0.1, 0.15) is 5.69 Å². The second-order valence-corrected chi connectivity index (χ2v) is 4.03. The zero-order chi connectivity index (χ0) is 8.55. The predicted molar refractivity (Wildman–Crippen MR) is 48.8 cm³/mol. The number of hydrogen-bond donors (Lipinski definition) is 1. The molecule has 0 saturated carbocycles. The van der Waals surface area contributed by atoms with E-state index in [1.54, 1.807) is 11.3 Å². The van der Waals surface area contributed by atoms with Gasteiger partial charge in [-0.15, -0.1) is 11.3 Å². The van der Waals surface area contributed by atoms with Gasteiger partial charge in [-0.25, -0.2) is 0 Å². The minimum absolute atomic E-state index is 0.0283. The highest BCUT2D eigenvalue weighted by Gasteiger charge is 2.09. The highest BCUT2D eigenvalue weighted by molar-refractivity contribution is 7.24. The Kier molecular flexibility index (Phi) is 1.82. The van der Waals surface area contributed by atoms with Crippen molar-refractivity contribution in [3.63, 3.8) is 0 Å². The molecule has 12 heavy (non-hydrogen) atoms. The number of carboxylic acids is 1. The molecule has 2 heterocycles. The van der Waals surface area contributed by atoms with Crippen molar-refractivity contribution < 1.29 is 9.90 Å². The number of nitrogens with zero attached hydrogens (tertiary/aromatic N) is 1. The molecule has 0 radical (unpaired) electrons. The number of rotatable bonds is 2. The van der Waals surface area contributed by atoms with E-state index >= 15 is 0 Å². The Morgan fingerprint density at radius 3 is 3.25 bits per heavy atom. The van der Waals surface area contributed by atoms with Gasteiger partial charge in [0, 0.05) is 0 Å². The van der Waals surface area contributed by atoms with Gasteiger partial charge in [-0.2, -0.15) is 4.37 Å². The second-order valence-electron chi connectivity index (χ2n) is 2.31. The van der Waals surface area contributed by atoms with Crippen molar-refractivity contribution >= 4 is 38.2 Å². The number of aromatic nitrogens is 1. The van der Waals surface area contributed by atoms with Crippen molar-refractivity contribution in [1.82, 2.24) is 4.37 Å². The van der Waals surface area contributed by atoms with Crippen LogP contribution in [0.25, 0.3) is 9.40 Å². The standard InChI is InChI=1S/C7H5NO2S2/c9-6(10)3-4-7-5(12-8-4)1-2-11-7/h1-2H,3H2,(H,9,10). The Balaban J connectivity index is 2.47. The molecule has 0 aromatic carbocycles. The molecule has 2 aromatic heterocycles. The number of aliphatic carboxylic acids is 1. The Morgan fingerprint density at radius 1 is 1.67 bits per heavy atom. The molecule has 5 heteroatoms. The summed E-state index contributed by atoms with van der Waals surface area (Å²) in [4.78, 5) is 10.4. The van der Waals surface area contributed by atoms with E-state index in [2.05, 4.69) is 4.37 Å². The normalized spacial score (nSPS) is 10.7. The minimum Gasteiger partial charge on any atom is -0.481 e. The summed E-state index contributed by atoms with van der Waals surface area (Å²) in [6, 6.07) is 1.96. The molecule has 0 aliphatic rings. The first kappa shape index (κ1) is 7.70. The smallest absolute Gasteiger partial charge is 0.309 e. The SMILES string of the molecule is O=C(O)Cc1nsc2ccsc12. The monoisotopic (exact) mass is 199 g/mol. The summed E-state index contributed by atoms with van der Waals surface area (Å²) in [5.41, 5.74) is 0.692. The first-order valence-corrected chi connectivity index (χ1v) is 4.96. The number of fused-ring (bicyclic) bond motifs is 1. The predicted octanol–water partition coefficient (Wildman–Crippen LogP) is 1.98. The van der Waals surface area contributed by atoms with Crippen LogP contribution in [-0.4, -0.2) is 15.4 Å². The van der Waals surface area contributed by atoms with E-state index in [0.29, 0.717) is 5.69 Å². The van der Waals surface area contributed by atoms with Crippen LogP contribution < -0.4 is 0 Å². The summed E-state index contributed by atoms with van der Waals surface area (Å²) < 4.78 is 6.16. The van der Waals surface area contributed by atoms with E-state index in [-0.39, 0.29) is 6.42 Å². The van der Waals surface area contributed by atoms with Crippen LogP contribution in [0.5, 0.6) is 0 Å². The van der Waals surface area contributed by atoms with E-state index in [0.717, 1.165) is 9.40 Å². The van der Waals surface area contributed by atoms with Crippen LogP contribution in [0.4, 0.5) is 0 Å². The third kappa shape index (κ3) is 1.21. The van der Waals surface area contributed by atoms with Gasteiger partial charge in [0.1, 0.15) is 0 Å². The van der Waals surface area contributed by atoms with Crippen LogP contribution in [0.3, 0.4) is 0 Å². The molecular weight excluding hydrogens is 194 g/mol. The zero-order valence-corrected chi connectivity index (χ0v) is 7.61. The summed E-state index contributed by atoms with van der Waals surface area (Å²) in [5, 5.41) is 10.5. The van der Waals surface area contributed by atoms with Gasteiger partial charge < -0.3 is 5.11 Å². The first-order valence-electron chi connectivity index (χ1n) is 3.31. The molecular formula is C7H5NO2S2. The lowest BCUT2D eigenvalue weighted by molar-refractivity contribution is -0.136. The maximum Gasteiger partial charge on any atom is 0.309 e. The van der Waals surface area contributed by atoms with Crippen molar-refractivity contribution in [3.8, 4) is 0 Å². The quantitative estimate of drug-likeness (QED) is 0.804. The summed E-state index contributed by atoms with van der Waals surface area (Å²) in [7, 11) is 0. The molecule has 3 nitrogen and oxygen atoms in total. The van der Waals surface area contributed by atoms with Gasteiger partial charge in [-0.3, -0.25) is 4.79 Å². The maximum atomic E-state index is 10.4. The van der Waals surface area contributed by atoms with Gasteiger partial charge in [-0.05, 0) is 23.0 Å². The van der Waals surface area contributed by atoms with Crippen LogP contribution in [0.15, 0.2) is 11.4 Å². The van der Waals surface area contributed by atoms with E-state index < -0.39 is 5.97 Å². The molecule has 0 atom stereocenters. The number of thiophene rings is 1. The summed E-state index contributed by atoms with van der Waals surface area (Å²) >= 11 is 2.91. The fourth-order valence-electron chi connectivity index (χ4n) is 0.981. The Labute approximate surface area is 76.4 Å². The number of carbonyl (C=O) groups is 1. The third-order valence-electron chi connectivity index (χ3n) is 1.46. The lowest BCUT2D eigenvalue weighted by atomic mass is 10.3. The molecule has 2 aromatic rings. The maximum absolute atomic E-state index is 10.4. The molecule has 0 bridgehead atoms. The van der Waals surface area contributed by atoms with Gasteiger partial charge in [0.2, 0.25) is 0 Å². The Morgan fingerprint density at radius 2 is 2.50 bits per heavy atom. The fourth-order valence-corrected chi connectivity index (χ4v) is 2.85. The summed E-state index contributed by atoms with van der Waals surface area (Å²) in [6.07, 6.45) is 0.0283. The lowest BCUT2D eigenvalue weighted by Gasteiger charge is -1.87.